The minimum atomic E-state index is -2.34. The number of hydrogen-bond donors (Lipinski definition) is 0. The largest absolute Gasteiger partial charge is 1.00 e. The van der Waals surface area contributed by atoms with E-state index in [1.54, 1.807) is 0 Å². The fourth-order valence-electron chi connectivity index (χ4n) is 1.12. The van der Waals surface area contributed by atoms with E-state index in [1.165, 1.54) is 7.11 Å². The number of carbonyl (C=O) groups excluding carboxylic acids is 1. The summed E-state index contributed by atoms with van der Waals surface area (Å²) in [6, 6.07) is 0. The van der Waals surface area contributed by atoms with Crippen molar-refractivity contribution in [2.45, 2.75) is 24.0 Å². The van der Waals surface area contributed by atoms with Crippen molar-refractivity contribution < 1.29 is 47.9 Å². The van der Waals surface area contributed by atoms with Crippen LogP contribution >= 0.6 is 0 Å². The van der Waals surface area contributed by atoms with Crippen LogP contribution in [-0.4, -0.2) is 26.6 Å². The Hall–Kier alpha value is 0.580. The molecule has 0 amide bonds. The third-order valence-corrected chi connectivity index (χ3v) is 3.25. The molecule has 0 N–H and O–H groups in total. The molecule has 6 heteroatoms. The van der Waals surface area contributed by atoms with Crippen LogP contribution < -0.4 is 29.6 Å². The third kappa shape index (κ3) is 1.90. The fourth-order valence-corrected chi connectivity index (χ4v) is 1.96. The topological polar surface area (TPSA) is 66.4 Å². The second-order valence-corrected chi connectivity index (χ2v) is 3.83. The maximum absolute atomic E-state index is 10.9. The Kier molecular flexibility index (Phi) is 4.94. The van der Waals surface area contributed by atoms with E-state index < -0.39 is 21.8 Å². The predicted octanol–water partition coefficient (Wildman–Crippen LogP) is -3.03. The molecule has 1 rings (SSSR count). The van der Waals surface area contributed by atoms with Gasteiger partial charge in [0, 0.05) is 0 Å². The second-order valence-electron chi connectivity index (χ2n) is 2.57. The maximum atomic E-state index is 10.9. The van der Waals surface area contributed by atoms with Gasteiger partial charge in [0.15, 0.2) is 0 Å². The van der Waals surface area contributed by atoms with Crippen molar-refractivity contribution in [3.05, 3.63) is 0 Å². The van der Waals surface area contributed by atoms with E-state index in [0.29, 0.717) is 12.8 Å². The van der Waals surface area contributed by atoms with Gasteiger partial charge in [-0.2, -0.15) is 0 Å². The van der Waals surface area contributed by atoms with Crippen LogP contribution in [0.5, 0.6) is 0 Å². The molecule has 0 bridgehead atoms. The van der Waals surface area contributed by atoms with Crippen molar-refractivity contribution in [3.8, 4) is 0 Å². The fraction of sp³-hybridized carbons (Fsp3) is 0.833. The van der Waals surface area contributed by atoms with Gasteiger partial charge in [0.25, 0.3) is 0 Å². The molecule has 0 spiro atoms. The van der Waals surface area contributed by atoms with Crippen molar-refractivity contribution in [1.82, 2.24) is 0 Å². The predicted molar refractivity (Wildman–Crippen MR) is 37.5 cm³/mol. The van der Waals surface area contributed by atoms with Gasteiger partial charge in [0.2, 0.25) is 0 Å². The van der Waals surface area contributed by atoms with Gasteiger partial charge < -0.3 is 9.29 Å². The van der Waals surface area contributed by atoms with Crippen LogP contribution in [0.1, 0.15) is 19.3 Å². The van der Waals surface area contributed by atoms with Crippen molar-refractivity contribution in [2.24, 2.45) is 0 Å². The zero-order valence-electron chi connectivity index (χ0n) is 7.16. The number of methoxy groups -OCH3 is 1. The zero-order valence-corrected chi connectivity index (χ0v) is 9.98. The standard InChI is InChI=1S/C6H10O4S.Na/c1-10-5(7)6(11(8)9)3-2-4-6;/h2-4H2,1H3,(H,8,9);/q;+1/p-1. The van der Waals surface area contributed by atoms with Crippen molar-refractivity contribution >= 4 is 17.0 Å². The van der Waals surface area contributed by atoms with E-state index in [9.17, 15) is 13.6 Å². The first-order valence-corrected chi connectivity index (χ1v) is 4.39. The van der Waals surface area contributed by atoms with Crippen LogP contribution in [0.15, 0.2) is 0 Å². The summed E-state index contributed by atoms with van der Waals surface area (Å²) in [5.74, 6) is -0.628. The van der Waals surface area contributed by atoms with Gasteiger partial charge in [-0.15, -0.1) is 0 Å². The number of rotatable bonds is 2. The van der Waals surface area contributed by atoms with E-state index >= 15 is 0 Å². The molecule has 0 saturated heterocycles. The molecule has 0 aliphatic heterocycles. The summed E-state index contributed by atoms with van der Waals surface area (Å²) in [4.78, 5) is 10.9. The molecule has 1 aliphatic rings. The monoisotopic (exact) mass is 200 g/mol. The van der Waals surface area contributed by atoms with E-state index in [0.717, 1.165) is 6.42 Å². The molecule has 1 aliphatic carbocycles. The first kappa shape index (κ1) is 12.6. The third-order valence-electron chi connectivity index (χ3n) is 2.04. The molecule has 1 unspecified atom stereocenters. The smallest absolute Gasteiger partial charge is 0.771 e. The Morgan fingerprint density at radius 2 is 2.08 bits per heavy atom. The van der Waals surface area contributed by atoms with Crippen molar-refractivity contribution in [2.75, 3.05) is 7.11 Å². The molecule has 64 valence electrons. The molecule has 4 nitrogen and oxygen atoms in total. The van der Waals surface area contributed by atoms with Gasteiger partial charge in [-0.05, 0) is 30.3 Å². The minimum absolute atomic E-state index is 0. The SMILES string of the molecule is COC(=O)C1(S(=O)[O-])CCC1.[Na+]. The van der Waals surface area contributed by atoms with E-state index in [2.05, 4.69) is 4.74 Å². The second kappa shape index (κ2) is 4.72. The molecule has 1 atom stereocenters. The molecular weight excluding hydrogens is 191 g/mol. The number of esters is 1. The van der Waals surface area contributed by atoms with Gasteiger partial charge >= 0.3 is 35.5 Å². The van der Waals surface area contributed by atoms with Gasteiger partial charge in [0.1, 0.15) is 4.75 Å². The quantitative estimate of drug-likeness (QED) is 0.270. The Balaban J connectivity index is 0.00000121. The Bertz CT molecular complexity index is 202. The molecule has 0 aromatic heterocycles. The minimum Gasteiger partial charge on any atom is -0.771 e. The summed E-state index contributed by atoms with van der Waals surface area (Å²) in [7, 11) is 1.20. The van der Waals surface area contributed by atoms with Gasteiger partial charge in [-0.1, -0.05) is 0 Å². The van der Waals surface area contributed by atoms with E-state index in [1.807, 2.05) is 0 Å². The average Bonchev–Trinajstić information content (AvgIpc) is 1.84. The zero-order chi connectivity index (χ0) is 8.48. The summed E-state index contributed by atoms with van der Waals surface area (Å²) in [5.41, 5.74) is 0. The summed E-state index contributed by atoms with van der Waals surface area (Å²) in [6.45, 7) is 0. The van der Waals surface area contributed by atoms with Crippen molar-refractivity contribution in [3.63, 3.8) is 0 Å². The Labute approximate surface area is 95.6 Å². The normalized spacial score (nSPS) is 21.5. The number of ether oxygens (including phenoxy) is 1. The summed E-state index contributed by atoms with van der Waals surface area (Å²) in [5, 5.41) is 0. The van der Waals surface area contributed by atoms with Crippen LogP contribution in [0.4, 0.5) is 0 Å². The number of hydrogen-bond acceptors (Lipinski definition) is 4. The first-order chi connectivity index (χ1) is 5.13. The van der Waals surface area contributed by atoms with Crippen LogP contribution in [0, 0.1) is 0 Å². The molecular formula is C6H9NaO4S. The van der Waals surface area contributed by atoms with Crippen LogP contribution in [0.3, 0.4) is 0 Å². The number of carbonyl (C=O) groups is 1. The Morgan fingerprint density at radius 1 is 1.58 bits per heavy atom. The van der Waals surface area contributed by atoms with E-state index in [-0.39, 0.29) is 29.6 Å². The molecule has 1 saturated carbocycles. The van der Waals surface area contributed by atoms with Gasteiger partial charge in [-0.25, -0.2) is 0 Å². The maximum Gasteiger partial charge on any atom is 1.00 e. The van der Waals surface area contributed by atoms with Gasteiger partial charge in [0.05, 0.1) is 7.11 Å². The van der Waals surface area contributed by atoms with Crippen LogP contribution in [0.25, 0.3) is 0 Å². The summed E-state index contributed by atoms with van der Waals surface area (Å²) < 4.78 is 24.4. The summed E-state index contributed by atoms with van der Waals surface area (Å²) in [6.07, 6.45) is 1.58. The van der Waals surface area contributed by atoms with Crippen molar-refractivity contribution in [1.29, 1.82) is 0 Å². The first-order valence-electron chi connectivity index (χ1n) is 3.31. The molecule has 0 aromatic carbocycles. The van der Waals surface area contributed by atoms with Crippen LogP contribution in [-0.2, 0) is 20.6 Å². The Morgan fingerprint density at radius 3 is 2.17 bits per heavy atom. The molecule has 0 aromatic rings. The molecule has 0 radical (unpaired) electrons. The average molecular weight is 200 g/mol. The van der Waals surface area contributed by atoms with Crippen LogP contribution in [0.2, 0.25) is 0 Å². The molecule has 1 fully saturated rings. The summed E-state index contributed by atoms with van der Waals surface area (Å²) >= 11 is -2.34. The van der Waals surface area contributed by atoms with E-state index in [4.69, 9.17) is 0 Å². The van der Waals surface area contributed by atoms with Gasteiger partial charge in [-0.3, -0.25) is 9.00 Å². The molecule has 12 heavy (non-hydrogen) atoms. The molecule has 0 heterocycles.